The molecular formula is C17H18FN3O2. The van der Waals surface area contributed by atoms with Gasteiger partial charge in [0, 0.05) is 0 Å². The minimum absolute atomic E-state index is 0.0534. The van der Waals surface area contributed by atoms with E-state index in [-0.39, 0.29) is 12.1 Å². The first-order valence-electron chi connectivity index (χ1n) is 7.13. The number of amides is 3. The lowest BCUT2D eigenvalue weighted by Gasteiger charge is -2.19. The lowest BCUT2D eigenvalue weighted by molar-refractivity contribution is -0.116. The summed E-state index contributed by atoms with van der Waals surface area (Å²) in [6.45, 7) is 1.87. The quantitative estimate of drug-likeness (QED) is 0.792. The fourth-order valence-corrected chi connectivity index (χ4v) is 2.34. The lowest BCUT2D eigenvalue weighted by Crippen LogP contribution is -2.35. The molecule has 0 radical (unpaired) electrons. The van der Waals surface area contributed by atoms with Crippen LogP contribution in [-0.4, -0.2) is 11.9 Å². The van der Waals surface area contributed by atoms with Gasteiger partial charge in [-0.15, -0.1) is 0 Å². The van der Waals surface area contributed by atoms with Gasteiger partial charge in [-0.25, -0.2) is 9.18 Å². The van der Waals surface area contributed by atoms with Crippen LogP contribution in [0.2, 0.25) is 0 Å². The number of benzene rings is 2. The van der Waals surface area contributed by atoms with E-state index < -0.39 is 23.8 Å². The SMILES string of the molecule is Cc1ccccc1C(CC(=O)Nc1ccccc1F)NC(N)=O. The van der Waals surface area contributed by atoms with Gasteiger partial charge in [0.1, 0.15) is 5.82 Å². The Morgan fingerprint density at radius 1 is 1.13 bits per heavy atom. The lowest BCUT2D eigenvalue weighted by atomic mass is 9.98. The van der Waals surface area contributed by atoms with Gasteiger partial charge in [-0.1, -0.05) is 36.4 Å². The van der Waals surface area contributed by atoms with Crippen LogP contribution in [0.25, 0.3) is 0 Å². The van der Waals surface area contributed by atoms with E-state index in [1.807, 2.05) is 31.2 Å². The van der Waals surface area contributed by atoms with Gasteiger partial charge in [0.15, 0.2) is 0 Å². The maximum Gasteiger partial charge on any atom is 0.312 e. The Labute approximate surface area is 133 Å². The van der Waals surface area contributed by atoms with Gasteiger partial charge in [-0.05, 0) is 30.2 Å². The largest absolute Gasteiger partial charge is 0.352 e. The summed E-state index contributed by atoms with van der Waals surface area (Å²) in [6, 6.07) is 11.9. The zero-order valence-electron chi connectivity index (χ0n) is 12.7. The highest BCUT2D eigenvalue weighted by Crippen LogP contribution is 2.22. The van der Waals surface area contributed by atoms with Crippen molar-refractivity contribution in [3.05, 3.63) is 65.5 Å². The van der Waals surface area contributed by atoms with Crippen molar-refractivity contribution in [2.45, 2.75) is 19.4 Å². The number of nitrogens with two attached hydrogens (primary N) is 1. The Hall–Kier alpha value is -2.89. The summed E-state index contributed by atoms with van der Waals surface area (Å²) in [5, 5.41) is 5.05. The van der Waals surface area contributed by atoms with Crippen LogP contribution in [0, 0.1) is 12.7 Å². The summed E-state index contributed by atoms with van der Waals surface area (Å²) in [5.74, 6) is -0.937. The molecule has 120 valence electrons. The van der Waals surface area contributed by atoms with Gasteiger partial charge in [-0.3, -0.25) is 4.79 Å². The van der Waals surface area contributed by atoms with E-state index in [1.165, 1.54) is 18.2 Å². The molecule has 4 N–H and O–H groups in total. The highest BCUT2D eigenvalue weighted by molar-refractivity contribution is 5.91. The molecule has 2 rings (SSSR count). The third-order valence-electron chi connectivity index (χ3n) is 3.42. The average Bonchev–Trinajstić information content (AvgIpc) is 2.49. The molecule has 1 atom stereocenters. The first-order valence-corrected chi connectivity index (χ1v) is 7.13. The molecule has 0 aromatic heterocycles. The highest BCUT2D eigenvalue weighted by Gasteiger charge is 2.19. The fraction of sp³-hybridized carbons (Fsp3) is 0.176. The van der Waals surface area contributed by atoms with Crippen LogP contribution in [0.5, 0.6) is 0 Å². The smallest absolute Gasteiger partial charge is 0.312 e. The Bertz CT molecular complexity index is 718. The number of anilines is 1. The first kappa shape index (κ1) is 16.5. The minimum Gasteiger partial charge on any atom is -0.352 e. The second kappa shape index (κ2) is 7.40. The van der Waals surface area contributed by atoms with Crippen LogP contribution in [-0.2, 0) is 4.79 Å². The number of urea groups is 1. The summed E-state index contributed by atoms with van der Waals surface area (Å²) in [4.78, 5) is 23.4. The van der Waals surface area contributed by atoms with Gasteiger partial charge in [0.05, 0.1) is 18.2 Å². The zero-order valence-corrected chi connectivity index (χ0v) is 12.7. The van der Waals surface area contributed by atoms with Crippen LogP contribution >= 0.6 is 0 Å². The molecule has 1 unspecified atom stereocenters. The molecule has 0 heterocycles. The van der Waals surface area contributed by atoms with Crippen molar-refractivity contribution in [2.24, 2.45) is 5.73 Å². The number of carbonyl (C=O) groups excluding carboxylic acids is 2. The zero-order chi connectivity index (χ0) is 16.8. The van der Waals surface area contributed by atoms with E-state index in [0.29, 0.717) is 0 Å². The van der Waals surface area contributed by atoms with Crippen LogP contribution in [0.4, 0.5) is 14.9 Å². The predicted octanol–water partition coefficient (Wildman–Crippen LogP) is 2.87. The molecule has 3 amide bonds. The monoisotopic (exact) mass is 315 g/mol. The Kier molecular flexibility index (Phi) is 5.30. The van der Waals surface area contributed by atoms with Gasteiger partial charge >= 0.3 is 6.03 Å². The molecule has 2 aromatic carbocycles. The number of halogens is 1. The molecule has 0 aliphatic rings. The van der Waals surface area contributed by atoms with Gasteiger partial charge in [0.25, 0.3) is 0 Å². The molecule has 0 saturated carbocycles. The molecule has 0 aliphatic heterocycles. The number of rotatable bonds is 5. The molecule has 0 spiro atoms. The molecule has 23 heavy (non-hydrogen) atoms. The maximum absolute atomic E-state index is 13.6. The van der Waals surface area contributed by atoms with Gasteiger partial charge in [0.2, 0.25) is 5.91 Å². The summed E-state index contributed by atoms with van der Waals surface area (Å²) in [7, 11) is 0. The van der Waals surface area contributed by atoms with Crippen molar-refractivity contribution in [3.63, 3.8) is 0 Å². The molecule has 2 aromatic rings. The first-order chi connectivity index (χ1) is 11.0. The fourth-order valence-electron chi connectivity index (χ4n) is 2.34. The standard InChI is InChI=1S/C17H18FN3O2/c1-11-6-2-3-7-12(11)15(21-17(19)23)10-16(22)20-14-9-5-4-8-13(14)18/h2-9,15H,10H2,1H3,(H,20,22)(H3,19,21,23). The number of aryl methyl sites for hydroxylation is 1. The van der Waals surface area contributed by atoms with Crippen molar-refractivity contribution < 1.29 is 14.0 Å². The number of para-hydroxylation sites is 1. The second-order valence-electron chi connectivity index (χ2n) is 5.15. The van der Waals surface area contributed by atoms with E-state index >= 15 is 0 Å². The number of primary amides is 1. The summed E-state index contributed by atoms with van der Waals surface area (Å²) >= 11 is 0. The van der Waals surface area contributed by atoms with Gasteiger partial charge < -0.3 is 16.4 Å². The molecule has 0 bridgehead atoms. The normalized spacial score (nSPS) is 11.6. The van der Waals surface area contributed by atoms with Crippen molar-refractivity contribution in [2.75, 3.05) is 5.32 Å². The van der Waals surface area contributed by atoms with Gasteiger partial charge in [-0.2, -0.15) is 0 Å². The maximum atomic E-state index is 13.6. The van der Waals surface area contributed by atoms with Crippen LogP contribution < -0.4 is 16.4 Å². The van der Waals surface area contributed by atoms with Crippen molar-refractivity contribution in [3.8, 4) is 0 Å². The van der Waals surface area contributed by atoms with E-state index in [4.69, 9.17) is 5.73 Å². The summed E-state index contributed by atoms with van der Waals surface area (Å²) in [5.41, 5.74) is 7.00. The van der Waals surface area contributed by atoms with E-state index in [0.717, 1.165) is 11.1 Å². The average molecular weight is 315 g/mol. The molecule has 0 aliphatic carbocycles. The number of hydrogen-bond donors (Lipinski definition) is 3. The number of carbonyl (C=O) groups is 2. The van der Waals surface area contributed by atoms with Crippen LogP contribution in [0.1, 0.15) is 23.6 Å². The molecule has 0 saturated heterocycles. The Balaban J connectivity index is 2.15. The Morgan fingerprint density at radius 2 is 1.78 bits per heavy atom. The topological polar surface area (TPSA) is 84.2 Å². The predicted molar refractivity (Wildman–Crippen MR) is 86.3 cm³/mol. The van der Waals surface area contributed by atoms with Crippen LogP contribution in [0.3, 0.4) is 0 Å². The molecule has 5 nitrogen and oxygen atoms in total. The molecule has 6 heteroatoms. The van der Waals surface area contributed by atoms with Crippen LogP contribution in [0.15, 0.2) is 48.5 Å². The van der Waals surface area contributed by atoms with Crippen molar-refractivity contribution in [1.29, 1.82) is 0 Å². The van der Waals surface area contributed by atoms with E-state index in [2.05, 4.69) is 10.6 Å². The molecule has 0 fully saturated rings. The summed E-state index contributed by atoms with van der Waals surface area (Å²) in [6.07, 6.45) is -0.0534. The van der Waals surface area contributed by atoms with E-state index in [1.54, 1.807) is 6.07 Å². The summed E-state index contributed by atoms with van der Waals surface area (Å²) < 4.78 is 13.6. The van der Waals surface area contributed by atoms with E-state index in [9.17, 15) is 14.0 Å². The highest BCUT2D eigenvalue weighted by atomic mass is 19.1. The number of hydrogen-bond acceptors (Lipinski definition) is 2. The second-order valence-corrected chi connectivity index (χ2v) is 5.15. The third-order valence-corrected chi connectivity index (χ3v) is 3.42. The van der Waals surface area contributed by atoms with Crippen molar-refractivity contribution in [1.82, 2.24) is 5.32 Å². The molecular weight excluding hydrogens is 297 g/mol. The third kappa shape index (κ3) is 4.54. The Morgan fingerprint density at radius 3 is 2.43 bits per heavy atom. The van der Waals surface area contributed by atoms with Crippen molar-refractivity contribution >= 4 is 17.6 Å². The number of nitrogens with one attached hydrogen (secondary N) is 2. The minimum atomic E-state index is -0.725.